The van der Waals surface area contributed by atoms with Crippen LogP contribution in [0.4, 0.5) is 5.69 Å². The number of carbonyl (C=O) groups is 2. The summed E-state index contributed by atoms with van der Waals surface area (Å²) in [7, 11) is 0. The molecule has 1 aliphatic heterocycles. The molecule has 0 radical (unpaired) electrons. The number of carbonyl (C=O) groups excluding carboxylic acids is 2. The molecule has 2 atom stereocenters. The molecular formula is C22H32N2O4. The Hall–Kier alpha value is -1.92. The van der Waals surface area contributed by atoms with Crippen molar-refractivity contribution in [3.8, 4) is 0 Å². The standard InChI is InChI=1S/C22H32N2O4/c1-15(2)12-24-19(13-25)22(28-14-21(24)27)17-7-9-18(10-8-17)23-20(26)11-16-5-3-4-6-16/h7-10,15-16,19,22,25H,3-6,11-14H2,1-2H3,(H,23,26)/t19-,22-/m1/s1. The van der Waals surface area contributed by atoms with Crippen molar-refractivity contribution < 1.29 is 19.4 Å². The van der Waals surface area contributed by atoms with Crippen molar-refractivity contribution in [3.63, 3.8) is 0 Å². The van der Waals surface area contributed by atoms with Gasteiger partial charge in [0.05, 0.1) is 12.6 Å². The Morgan fingerprint density at radius 2 is 1.93 bits per heavy atom. The van der Waals surface area contributed by atoms with Crippen molar-refractivity contribution in [2.45, 2.75) is 58.1 Å². The maximum Gasteiger partial charge on any atom is 0.249 e. The molecule has 2 N–H and O–H groups in total. The van der Waals surface area contributed by atoms with E-state index in [-0.39, 0.29) is 31.1 Å². The predicted octanol–water partition coefficient (Wildman–Crippen LogP) is 3.12. The molecule has 0 spiro atoms. The first-order valence-electron chi connectivity index (χ1n) is 10.4. The Kier molecular flexibility index (Phi) is 7.08. The number of hydrogen-bond donors (Lipinski definition) is 2. The van der Waals surface area contributed by atoms with E-state index in [2.05, 4.69) is 19.2 Å². The summed E-state index contributed by atoms with van der Waals surface area (Å²) >= 11 is 0. The third-order valence-corrected chi connectivity index (χ3v) is 5.68. The molecule has 6 heteroatoms. The van der Waals surface area contributed by atoms with Crippen LogP contribution in [0.15, 0.2) is 24.3 Å². The van der Waals surface area contributed by atoms with Crippen molar-refractivity contribution in [3.05, 3.63) is 29.8 Å². The van der Waals surface area contributed by atoms with Gasteiger partial charge in [-0.2, -0.15) is 0 Å². The lowest BCUT2D eigenvalue weighted by molar-refractivity contribution is -0.161. The molecule has 2 amide bonds. The first-order valence-corrected chi connectivity index (χ1v) is 10.4. The maximum absolute atomic E-state index is 12.2. The monoisotopic (exact) mass is 388 g/mol. The zero-order valence-electron chi connectivity index (χ0n) is 16.9. The molecule has 2 fully saturated rings. The van der Waals surface area contributed by atoms with Gasteiger partial charge in [0.2, 0.25) is 11.8 Å². The Bertz CT molecular complexity index is 668. The average molecular weight is 389 g/mol. The molecule has 1 aromatic rings. The predicted molar refractivity (Wildman–Crippen MR) is 108 cm³/mol. The molecule has 6 nitrogen and oxygen atoms in total. The van der Waals surface area contributed by atoms with Gasteiger partial charge in [0.1, 0.15) is 12.7 Å². The van der Waals surface area contributed by atoms with Crippen molar-refractivity contribution in [1.29, 1.82) is 0 Å². The molecule has 154 valence electrons. The molecule has 3 rings (SSSR count). The number of morpholine rings is 1. The summed E-state index contributed by atoms with van der Waals surface area (Å²) in [6.07, 6.45) is 4.99. The van der Waals surface area contributed by atoms with E-state index in [1.165, 1.54) is 12.8 Å². The molecule has 1 saturated heterocycles. The second-order valence-electron chi connectivity index (χ2n) is 8.45. The lowest BCUT2D eigenvalue weighted by Crippen LogP contribution is -2.53. The number of benzene rings is 1. The third kappa shape index (κ3) is 5.11. The van der Waals surface area contributed by atoms with Crippen molar-refractivity contribution in [2.24, 2.45) is 11.8 Å². The molecule has 1 saturated carbocycles. The first-order chi connectivity index (χ1) is 13.5. The number of amides is 2. The van der Waals surface area contributed by atoms with E-state index < -0.39 is 6.04 Å². The molecule has 0 bridgehead atoms. The zero-order valence-corrected chi connectivity index (χ0v) is 16.9. The highest BCUT2D eigenvalue weighted by atomic mass is 16.5. The van der Waals surface area contributed by atoms with Crippen LogP contribution in [0.1, 0.15) is 57.6 Å². The van der Waals surface area contributed by atoms with Gasteiger partial charge in [-0.3, -0.25) is 9.59 Å². The van der Waals surface area contributed by atoms with Gasteiger partial charge in [-0.05, 0) is 42.4 Å². The summed E-state index contributed by atoms with van der Waals surface area (Å²) in [5, 5.41) is 12.9. The number of anilines is 1. The highest BCUT2D eigenvalue weighted by Gasteiger charge is 2.37. The SMILES string of the molecule is CC(C)CN1C(=O)CO[C@H](c2ccc(NC(=O)CC3CCCC3)cc2)[C@H]1CO. The number of aliphatic hydroxyl groups excluding tert-OH is 1. The lowest BCUT2D eigenvalue weighted by atomic mass is 9.98. The molecule has 28 heavy (non-hydrogen) atoms. The summed E-state index contributed by atoms with van der Waals surface area (Å²) in [5.74, 6) is 0.814. The van der Waals surface area contributed by atoms with Crippen LogP contribution in [0.25, 0.3) is 0 Å². The van der Waals surface area contributed by atoms with Gasteiger partial charge in [0.15, 0.2) is 0 Å². The number of aliphatic hydroxyl groups is 1. The summed E-state index contributed by atoms with van der Waals surface area (Å²) in [4.78, 5) is 26.2. The van der Waals surface area contributed by atoms with Gasteiger partial charge < -0.3 is 20.1 Å². The minimum Gasteiger partial charge on any atom is -0.394 e. The minimum absolute atomic E-state index is 0.0216. The summed E-state index contributed by atoms with van der Waals surface area (Å²) in [5.41, 5.74) is 1.66. The first kappa shape index (κ1) is 20.8. The highest BCUT2D eigenvalue weighted by molar-refractivity contribution is 5.90. The van der Waals surface area contributed by atoms with Gasteiger partial charge in [0, 0.05) is 18.7 Å². The summed E-state index contributed by atoms with van der Waals surface area (Å²) in [6, 6.07) is 7.14. The van der Waals surface area contributed by atoms with Gasteiger partial charge in [-0.25, -0.2) is 0 Å². The molecular weight excluding hydrogens is 356 g/mol. The highest BCUT2D eigenvalue weighted by Crippen LogP contribution is 2.31. The maximum atomic E-state index is 12.2. The van der Waals surface area contributed by atoms with E-state index in [1.807, 2.05) is 24.3 Å². The van der Waals surface area contributed by atoms with Crippen LogP contribution in [0.3, 0.4) is 0 Å². The van der Waals surface area contributed by atoms with Gasteiger partial charge in [-0.15, -0.1) is 0 Å². The molecule has 0 unspecified atom stereocenters. The average Bonchev–Trinajstić information content (AvgIpc) is 3.16. The Balaban J connectivity index is 1.64. The van der Waals surface area contributed by atoms with E-state index in [1.54, 1.807) is 4.90 Å². The Labute approximate surface area is 167 Å². The number of rotatable bonds is 7. The van der Waals surface area contributed by atoms with Crippen LogP contribution in [-0.2, 0) is 14.3 Å². The summed E-state index contributed by atoms with van der Waals surface area (Å²) in [6.45, 7) is 4.57. The van der Waals surface area contributed by atoms with E-state index in [9.17, 15) is 14.7 Å². The quantitative estimate of drug-likeness (QED) is 0.752. The third-order valence-electron chi connectivity index (χ3n) is 5.68. The van der Waals surface area contributed by atoms with E-state index >= 15 is 0 Å². The van der Waals surface area contributed by atoms with Crippen molar-refractivity contribution in [1.82, 2.24) is 4.90 Å². The van der Waals surface area contributed by atoms with Crippen molar-refractivity contribution >= 4 is 17.5 Å². The Morgan fingerprint density at radius 3 is 2.54 bits per heavy atom. The van der Waals surface area contributed by atoms with Crippen LogP contribution >= 0.6 is 0 Å². The van der Waals surface area contributed by atoms with E-state index in [0.29, 0.717) is 24.8 Å². The Morgan fingerprint density at radius 1 is 1.25 bits per heavy atom. The van der Waals surface area contributed by atoms with Crippen LogP contribution in [0.2, 0.25) is 0 Å². The second-order valence-corrected chi connectivity index (χ2v) is 8.45. The van der Waals surface area contributed by atoms with Crippen LogP contribution < -0.4 is 5.32 Å². The van der Waals surface area contributed by atoms with Crippen molar-refractivity contribution in [2.75, 3.05) is 25.1 Å². The fourth-order valence-corrected chi connectivity index (χ4v) is 4.29. The fourth-order valence-electron chi connectivity index (χ4n) is 4.29. The smallest absolute Gasteiger partial charge is 0.249 e. The van der Waals surface area contributed by atoms with Gasteiger partial charge in [0.25, 0.3) is 0 Å². The second kappa shape index (κ2) is 9.52. The van der Waals surface area contributed by atoms with Crippen LogP contribution in [-0.4, -0.2) is 47.6 Å². The number of nitrogens with zero attached hydrogens (tertiary/aromatic N) is 1. The molecule has 1 aliphatic carbocycles. The molecule has 1 aromatic carbocycles. The fraction of sp³-hybridized carbons (Fsp3) is 0.636. The van der Waals surface area contributed by atoms with Crippen LogP contribution in [0, 0.1) is 11.8 Å². The van der Waals surface area contributed by atoms with Gasteiger partial charge >= 0.3 is 0 Å². The zero-order chi connectivity index (χ0) is 20.1. The van der Waals surface area contributed by atoms with E-state index in [4.69, 9.17) is 4.74 Å². The number of ether oxygens (including phenoxy) is 1. The number of nitrogens with one attached hydrogen (secondary N) is 1. The lowest BCUT2D eigenvalue weighted by Gasteiger charge is -2.41. The molecule has 1 heterocycles. The summed E-state index contributed by atoms with van der Waals surface area (Å²) < 4.78 is 5.76. The minimum atomic E-state index is -0.397. The topological polar surface area (TPSA) is 78.9 Å². The molecule has 2 aliphatic rings. The number of hydrogen-bond acceptors (Lipinski definition) is 4. The van der Waals surface area contributed by atoms with Crippen LogP contribution in [0.5, 0.6) is 0 Å². The van der Waals surface area contributed by atoms with Gasteiger partial charge in [-0.1, -0.05) is 38.8 Å². The normalized spacial score (nSPS) is 23.4. The van der Waals surface area contributed by atoms with E-state index in [0.717, 1.165) is 24.1 Å². The molecule has 0 aromatic heterocycles. The largest absolute Gasteiger partial charge is 0.394 e.